The lowest BCUT2D eigenvalue weighted by Crippen LogP contribution is -2.46. The summed E-state index contributed by atoms with van der Waals surface area (Å²) in [5.41, 5.74) is 1.68. The molecule has 4 heteroatoms. The number of carbonyl (C=O) groups excluding carboxylic acids is 1. The van der Waals surface area contributed by atoms with Crippen LogP contribution in [0.3, 0.4) is 0 Å². The molecule has 1 aromatic rings. The lowest BCUT2D eigenvalue weighted by atomic mass is 10.1. The minimum Gasteiger partial charge on any atom is -0.336 e. The Labute approximate surface area is 114 Å². The quantitative estimate of drug-likeness (QED) is 0.849. The first-order valence-electron chi connectivity index (χ1n) is 6.44. The number of amides is 1. The second-order valence-electron chi connectivity index (χ2n) is 4.03. The fraction of sp³-hybridized carbons (Fsp3) is 0.500. The Bertz CT molecular complexity index is 401. The van der Waals surface area contributed by atoms with Crippen molar-refractivity contribution in [1.82, 2.24) is 10.2 Å². The maximum Gasteiger partial charge on any atom is 0.255 e. The van der Waals surface area contributed by atoms with Crippen molar-refractivity contribution in [3.8, 4) is 0 Å². The van der Waals surface area contributed by atoms with Gasteiger partial charge in [0.15, 0.2) is 0 Å². The molecular weight excluding hydrogens is 248 g/mol. The zero-order valence-electron chi connectivity index (χ0n) is 11.3. The van der Waals surface area contributed by atoms with E-state index in [0.29, 0.717) is 10.6 Å². The number of benzene rings is 1. The maximum atomic E-state index is 12.1. The summed E-state index contributed by atoms with van der Waals surface area (Å²) in [6.45, 7) is 9.18. The molecule has 0 spiro atoms. The van der Waals surface area contributed by atoms with Crippen LogP contribution in [0, 0.1) is 6.92 Å². The molecule has 1 aromatic carbocycles. The third kappa shape index (κ3) is 3.72. The van der Waals surface area contributed by atoms with Crippen molar-refractivity contribution < 1.29 is 4.79 Å². The molecule has 3 nitrogen and oxygen atoms in total. The third-order valence-electron chi connectivity index (χ3n) is 2.76. The number of carbonyl (C=O) groups is 1. The zero-order chi connectivity index (χ0) is 13.5. The van der Waals surface area contributed by atoms with Crippen LogP contribution in [0.15, 0.2) is 18.2 Å². The molecule has 0 aromatic heterocycles. The van der Waals surface area contributed by atoms with Crippen molar-refractivity contribution in [1.29, 1.82) is 0 Å². The molecule has 100 valence electrons. The van der Waals surface area contributed by atoms with E-state index >= 15 is 0 Å². The van der Waals surface area contributed by atoms with Crippen LogP contribution in [-0.2, 0) is 0 Å². The molecule has 1 fully saturated rings. The number of rotatable bonds is 1. The summed E-state index contributed by atoms with van der Waals surface area (Å²) >= 11 is 6.08. The van der Waals surface area contributed by atoms with Crippen LogP contribution in [0.5, 0.6) is 0 Å². The molecule has 1 N–H and O–H groups in total. The smallest absolute Gasteiger partial charge is 0.255 e. The molecule has 1 amide bonds. The SMILES string of the molecule is CC.Cc1ccc(C(=O)N2CCNCC2)c(Cl)c1. The molecule has 0 atom stereocenters. The monoisotopic (exact) mass is 268 g/mol. The minimum atomic E-state index is 0.0338. The highest BCUT2D eigenvalue weighted by Gasteiger charge is 2.19. The molecule has 0 radical (unpaired) electrons. The first-order chi connectivity index (χ1) is 8.68. The summed E-state index contributed by atoms with van der Waals surface area (Å²) in [5.74, 6) is 0.0338. The Morgan fingerprint density at radius 1 is 1.28 bits per heavy atom. The molecule has 2 rings (SSSR count). The van der Waals surface area contributed by atoms with Gasteiger partial charge in [-0.1, -0.05) is 31.5 Å². The van der Waals surface area contributed by atoms with E-state index in [1.54, 1.807) is 0 Å². The van der Waals surface area contributed by atoms with E-state index in [1.807, 2.05) is 43.9 Å². The van der Waals surface area contributed by atoms with Gasteiger partial charge in [-0.2, -0.15) is 0 Å². The van der Waals surface area contributed by atoms with Crippen LogP contribution in [0.25, 0.3) is 0 Å². The molecule has 1 aliphatic heterocycles. The highest BCUT2D eigenvalue weighted by atomic mass is 35.5. The fourth-order valence-corrected chi connectivity index (χ4v) is 2.15. The number of halogens is 1. The van der Waals surface area contributed by atoms with Gasteiger partial charge in [0.1, 0.15) is 0 Å². The highest BCUT2D eigenvalue weighted by molar-refractivity contribution is 6.33. The summed E-state index contributed by atoms with van der Waals surface area (Å²) in [6.07, 6.45) is 0. The fourth-order valence-electron chi connectivity index (χ4n) is 1.83. The predicted molar refractivity (Wildman–Crippen MR) is 76.3 cm³/mol. The summed E-state index contributed by atoms with van der Waals surface area (Å²) in [5, 5.41) is 3.76. The lowest BCUT2D eigenvalue weighted by Gasteiger charge is -2.27. The van der Waals surface area contributed by atoms with Gasteiger partial charge in [0.2, 0.25) is 0 Å². The highest BCUT2D eigenvalue weighted by Crippen LogP contribution is 2.19. The first kappa shape index (κ1) is 15.0. The summed E-state index contributed by atoms with van der Waals surface area (Å²) < 4.78 is 0. The number of hydrogen-bond donors (Lipinski definition) is 1. The normalized spacial score (nSPS) is 14.8. The van der Waals surface area contributed by atoms with E-state index in [1.165, 1.54) is 0 Å². The second kappa shape index (κ2) is 7.39. The molecule has 0 unspecified atom stereocenters. The molecule has 1 saturated heterocycles. The molecule has 18 heavy (non-hydrogen) atoms. The number of aryl methyl sites for hydroxylation is 1. The van der Waals surface area contributed by atoms with Crippen molar-refractivity contribution >= 4 is 17.5 Å². The molecule has 1 aliphatic rings. The van der Waals surface area contributed by atoms with Crippen LogP contribution in [0.2, 0.25) is 5.02 Å². The van der Waals surface area contributed by atoms with Crippen molar-refractivity contribution in [2.45, 2.75) is 20.8 Å². The Hall–Kier alpha value is -1.06. The number of nitrogens with zero attached hydrogens (tertiary/aromatic N) is 1. The van der Waals surface area contributed by atoms with Gasteiger partial charge in [0.25, 0.3) is 5.91 Å². The Balaban J connectivity index is 0.000000771. The number of nitrogens with one attached hydrogen (secondary N) is 1. The van der Waals surface area contributed by atoms with Crippen LogP contribution in [0.1, 0.15) is 29.8 Å². The number of piperazine rings is 1. The van der Waals surface area contributed by atoms with Crippen LogP contribution in [0.4, 0.5) is 0 Å². The Morgan fingerprint density at radius 3 is 2.44 bits per heavy atom. The largest absolute Gasteiger partial charge is 0.336 e. The van der Waals surface area contributed by atoms with E-state index in [2.05, 4.69) is 5.32 Å². The van der Waals surface area contributed by atoms with Gasteiger partial charge in [0, 0.05) is 26.2 Å². The van der Waals surface area contributed by atoms with Gasteiger partial charge in [-0.3, -0.25) is 4.79 Å². The van der Waals surface area contributed by atoms with Gasteiger partial charge in [-0.05, 0) is 24.6 Å². The van der Waals surface area contributed by atoms with E-state index in [0.717, 1.165) is 31.7 Å². The second-order valence-corrected chi connectivity index (χ2v) is 4.43. The molecule has 0 bridgehead atoms. The average molecular weight is 269 g/mol. The summed E-state index contributed by atoms with van der Waals surface area (Å²) in [6, 6.07) is 5.56. The van der Waals surface area contributed by atoms with Gasteiger partial charge in [-0.25, -0.2) is 0 Å². The summed E-state index contributed by atoms with van der Waals surface area (Å²) in [7, 11) is 0. The van der Waals surface area contributed by atoms with Crippen molar-refractivity contribution in [3.05, 3.63) is 34.3 Å². The predicted octanol–water partition coefficient (Wildman–Crippen LogP) is 2.72. The van der Waals surface area contributed by atoms with Gasteiger partial charge in [-0.15, -0.1) is 0 Å². The van der Waals surface area contributed by atoms with E-state index in [4.69, 9.17) is 11.6 Å². The third-order valence-corrected chi connectivity index (χ3v) is 3.07. The first-order valence-corrected chi connectivity index (χ1v) is 6.82. The van der Waals surface area contributed by atoms with Crippen LogP contribution >= 0.6 is 11.6 Å². The average Bonchev–Trinajstić information content (AvgIpc) is 2.41. The van der Waals surface area contributed by atoms with E-state index < -0.39 is 0 Å². The molecule has 0 saturated carbocycles. The molecule has 1 heterocycles. The number of hydrogen-bond acceptors (Lipinski definition) is 2. The maximum absolute atomic E-state index is 12.1. The van der Waals surface area contributed by atoms with Crippen LogP contribution < -0.4 is 5.32 Å². The minimum absolute atomic E-state index is 0.0338. The molecular formula is C14H21ClN2O. The van der Waals surface area contributed by atoms with Crippen LogP contribution in [-0.4, -0.2) is 37.0 Å². The van der Waals surface area contributed by atoms with E-state index in [9.17, 15) is 4.79 Å². The van der Waals surface area contributed by atoms with Gasteiger partial charge in [0.05, 0.1) is 10.6 Å². The standard InChI is InChI=1S/C12H15ClN2O.C2H6/c1-9-2-3-10(11(13)8-9)12(16)15-6-4-14-5-7-15;1-2/h2-3,8,14H,4-7H2,1H3;1-2H3. The summed E-state index contributed by atoms with van der Waals surface area (Å²) in [4.78, 5) is 14.0. The Morgan fingerprint density at radius 2 is 1.89 bits per heavy atom. The Kier molecular flexibility index (Phi) is 6.16. The topological polar surface area (TPSA) is 32.3 Å². The van der Waals surface area contributed by atoms with Gasteiger partial charge < -0.3 is 10.2 Å². The lowest BCUT2D eigenvalue weighted by molar-refractivity contribution is 0.0736. The molecule has 0 aliphatic carbocycles. The van der Waals surface area contributed by atoms with Gasteiger partial charge >= 0.3 is 0 Å². The zero-order valence-corrected chi connectivity index (χ0v) is 12.0. The van der Waals surface area contributed by atoms with E-state index in [-0.39, 0.29) is 5.91 Å². The van der Waals surface area contributed by atoms with Crippen molar-refractivity contribution in [2.24, 2.45) is 0 Å². The van der Waals surface area contributed by atoms with Crippen molar-refractivity contribution in [2.75, 3.05) is 26.2 Å². The van der Waals surface area contributed by atoms with Crippen molar-refractivity contribution in [3.63, 3.8) is 0 Å².